The summed E-state index contributed by atoms with van der Waals surface area (Å²) >= 11 is 0. The zero-order valence-corrected chi connectivity index (χ0v) is 18.4. The van der Waals surface area contributed by atoms with E-state index in [2.05, 4.69) is 27.4 Å². The Morgan fingerprint density at radius 2 is 1.92 bits per heavy atom. The molecule has 0 bridgehead atoms. The fraction of sp³-hybridized carbons (Fsp3) is 0.947. The average Bonchev–Trinajstić information content (AvgIpc) is 3.25. The molecule has 2 N–H and O–H groups in total. The number of hydrogen-bond acceptors (Lipinski definition) is 3. The number of guanidine groups is 1. The normalized spacial score (nSPS) is 27.9. The molecule has 0 aromatic heterocycles. The van der Waals surface area contributed by atoms with Crippen molar-refractivity contribution < 1.29 is 4.74 Å². The summed E-state index contributed by atoms with van der Waals surface area (Å²) in [5.74, 6) is 1.75. The van der Waals surface area contributed by atoms with Crippen molar-refractivity contribution in [2.24, 2.45) is 16.3 Å². The molecule has 6 heteroatoms. The average molecular weight is 464 g/mol. The molecule has 0 aromatic rings. The molecule has 0 aromatic carbocycles. The molecule has 0 spiro atoms. The molecule has 2 aliphatic heterocycles. The van der Waals surface area contributed by atoms with Gasteiger partial charge in [-0.25, -0.2) is 0 Å². The number of nitrogens with one attached hydrogen (secondary N) is 2. The van der Waals surface area contributed by atoms with Gasteiger partial charge in [-0.15, -0.1) is 24.0 Å². The highest BCUT2D eigenvalue weighted by Crippen LogP contribution is 2.36. The number of ether oxygens (including phenoxy) is 1. The summed E-state index contributed by atoms with van der Waals surface area (Å²) in [5, 5.41) is 7.23. The van der Waals surface area contributed by atoms with Gasteiger partial charge in [0.1, 0.15) is 0 Å². The van der Waals surface area contributed by atoms with E-state index in [4.69, 9.17) is 4.74 Å². The van der Waals surface area contributed by atoms with Crippen molar-refractivity contribution in [2.75, 3.05) is 46.4 Å². The Hall–Kier alpha value is -0.0800. The molecule has 1 saturated carbocycles. The molecule has 3 rings (SSSR count). The minimum atomic E-state index is 0. The predicted octanol–water partition coefficient (Wildman–Crippen LogP) is 2.85. The molecule has 25 heavy (non-hydrogen) atoms. The van der Waals surface area contributed by atoms with Gasteiger partial charge >= 0.3 is 0 Å². The lowest BCUT2D eigenvalue weighted by atomic mass is 9.89. The summed E-state index contributed by atoms with van der Waals surface area (Å²) in [7, 11) is 1.89. The van der Waals surface area contributed by atoms with Gasteiger partial charge in [0.2, 0.25) is 0 Å². The Morgan fingerprint density at radius 1 is 1.20 bits per heavy atom. The highest BCUT2D eigenvalue weighted by molar-refractivity contribution is 14.0. The van der Waals surface area contributed by atoms with Crippen molar-refractivity contribution in [2.45, 2.75) is 57.9 Å². The van der Waals surface area contributed by atoms with Crippen LogP contribution in [0.25, 0.3) is 0 Å². The maximum absolute atomic E-state index is 5.50. The van der Waals surface area contributed by atoms with Crippen molar-refractivity contribution in [3.63, 3.8) is 0 Å². The van der Waals surface area contributed by atoms with Crippen LogP contribution < -0.4 is 10.6 Å². The molecular weight excluding hydrogens is 427 g/mol. The minimum absolute atomic E-state index is 0. The molecule has 3 fully saturated rings. The lowest BCUT2D eigenvalue weighted by molar-refractivity contribution is 0.150. The Morgan fingerprint density at radius 3 is 2.52 bits per heavy atom. The monoisotopic (exact) mass is 464 g/mol. The van der Waals surface area contributed by atoms with Crippen LogP contribution in [0.5, 0.6) is 0 Å². The Bertz CT molecular complexity index is 412. The summed E-state index contributed by atoms with van der Waals surface area (Å²) in [6.45, 7) is 9.00. The largest absolute Gasteiger partial charge is 0.381 e. The summed E-state index contributed by atoms with van der Waals surface area (Å²) < 4.78 is 5.50. The second-order valence-corrected chi connectivity index (χ2v) is 8.39. The van der Waals surface area contributed by atoms with E-state index in [0.29, 0.717) is 11.5 Å². The quantitative estimate of drug-likeness (QED) is 0.373. The first-order chi connectivity index (χ1) is 11.7. The van der Waals surface area contributed by atoms with Crippen LogP contribution in [-0.4, -0.2) is 63.3 Å². The van der Waals surface area contributed by atoms with Crippen molar-refractivity contribution in [3.8, 4) is 0 Å². The van der Waals surface area contributed by atoms with Crippen molar-refractivity contribution in [1.29, 1.82) is 0 Å². The first-order valence-corrected chi connectivity index (χ1v) is 9.94. The molecule has 146 valence electrons. The number of likely N-dealkylation sites (tertiary alicyclic amines) is 1. The smallest absolute Gasteiger partial charge is 0.191 e. The van der Waals surface area contributed by atoms with Gasteiger partial charge in [-0.1, -0.05) is 19.8 Å². The van der Waals surface area contributed by atoms with Gasteiger partial charge in [0.25, 0.3) is 0 Å². The van der Waals surface area contributed by atoms with Crippen LogP contribution >= 0.6 is 24.0 Å². The fourth-order valence-electron chi connectivity index (χ4n) is 4.44. The number of hydrogen-bond donors (Lipinski definition) is 2. The van der Waals surface area contributed by atoms with Crippen LogP contribution in [-0.2, 0) is 4.74 Å². The Kier molecular flexibility index (Phi) is 8.75. The lowest BCUT2D eigenvalue weighted by Gasteiger charge is -2.34. The topological polar surface area (TPSA) is 48.9 Å². The molecule has 1 atom stereocenters. The van der Waals surface area contributed by atoms with E-state index in [1.807, 2.05) is 7.05 Å². The van der Waals surface area contributed by atoms with Crippen molar-refractivity contribution >= 4 is 29.9 Å². The molecular formula is C19H37IN4O. The lowest BCUT2D eigenvalue weighted by Crippen LogP contribution is -2.50. The van der Waals surface area contributed by atoms with E-state index in [9.17, 15) is 0 Å². The fourth-order valence-corrected chi connectivity index (χ4v) is 4.44. The molecule has 1 aliphatic carbocycles. The van der Waals surface area contributed by atoms with Gasteiger partial charge in [0.15, 0.2) is 5.96 Å². The number of halogens is 1. The van der Waals surface area contributed by atoms with E-state index in [0.717, 1.165) is 31.6 Å². The standard InChI is InChI=1S/C19H36N4O.HI/c1-19(8-3-4-9-19)15-21-18(20-2)22-17-5-10-23(11-6-17)13-16-7-12-24-14-16;/h16-17H,3-15H2,1-2H3,(H2,20,21,22);1H. The number of rotatable bonds is 5. The number of aliphatic imine (C=N–C) groups is 1. The maximum Gasteiger partial charge on any atom is 0.191 e. The summed E-state index contributed by atoms with van der Waals surface area (Å²) in [6.07, 6.45) is 9.13. The molecule has 5 nitrogen and oxygen atoms in total. The third kappa shape index (κ3) is 6.54. The molecule has 0 amide bonds. The molecule has 1 unspecified atom stereocenters. The van der Waals surface area contributed by atoms with Crippen LogP contribution in [0.3, 0.4) is 0 Å². The number of piperidine rings is 1. The van der Waals surface area contributed by atoms with E-state index < -0.39 is 0 Å². The first kappa shape index (κ1) is 21.2. The van der Waals surface area contributed by atoms with E-state index in [-0.39, 0.29) is 24.0 Å². The van der Waals surface area contributed by atoms with Gasteiger partial charge in [-0.3, -0.25) is 4.99 Å². The first-order valence-electron chi connectivity index (χ1n) is 9.94. The maximum atomic E-state index is 5.50. The number of nitrogens with zero attached hydrogens (tertiary/aromatic N) is 2. The van der Waals surface area contributed by atoms with Crippen LogP contribution in [0, 0.1) is 11.3 Å². The Labute approximate surface area is 170 Å². The van der Waals surface area contributed by atoms with Crippen molar-refractivity contribution in [3.05, 3.63) is 0 Å². The van der Waals surface area contributed by atoms with Crippen LogP contribution in [0.1, 0.15) is 51.9 Å². The van der Waals surface area contributed by atoms with Gasteiger partial charge < -0.3 is 20.3 Å². The highest BCUT2D eigenvalue weighted by atomic mass is 127. The zero-order chi connectivity index (χ0) is 16.8. The van der Waals surface area contributed by atoms with Crippen molar-refractivity contribution in [1.82, 2.24) is 15.5 Å². The third-order valence-electron chi connectivity index (χ3n) is 6.19. The Balaban J connectivity index is 0.00000225. The predicted molar refractivity (Wildman–Crippen MR) is 115 cm³/mol. The van der Waals surface area contributed by atoms with Gasteiger partial charge in [-0.2, -0.15) is 0 Å². The van der Waals surface area contributed by atoms with E-state index >= 15 is 0 Å². The van der Waals surface area contributed by atoms with Crippen LogP contribution in [0.15, 0.2) is 4.99 Å². The van der Waals surface area contributed by atoms with E-state index in [1.165, 1.54) is 64.6 Å². The molecule has 3 aliphatic rings. The second-order valence-electron chi connectivity index (χ2n) is 8.39. The summed E-state index contributed by atoms with van der Waals surface area (Å²) in [6, 6.07) is 0.559. The molecule has 2 saturated heterocycles. The molecule has 0 radical (unpaired) electrons. The second kappa shape index (κ2) is 10.3. The SMILES string of the molecule is CN=C(NCC1(C)CCCC1)NC1CCN(CC2CCOC2)CC1.I. The minimum Gasteiger partial charge on any atom is -0.381 e. The molecule has 2 heterocycles. The zero-order valence-electron chi connectivity index (χ0n) is 16.1. The summed E-state index contributed by atoms with van der Waals surface area (Å²) in [4.78, 5) is 7.06. The van der Waals surface area contributed by atoms with E-state index in [1.54, 1.807) is 0 Å². The highest BCUT2D eigenvalue weighted by Gasteiger charge is 2.29. The van der Waals surface area contributed by atoms with Crippen LogP contribution in [0.4, 0.5) is 0 Å². The summed E-state index contributed by atoms with van der Waals surface area (Å²) in [5.41, 5.74) is 0.463. The van der Waals surface area contributed by atoms with Gasteiger partial charge in [0, 0.05) is 45.9 Å². The van der Waals surface area contributed by atoms with Gasteiger partial charge in [-0.05, 0) is 43.4 Å². The third-order valence-corrected chi connectivity index (χ3v) is 6.19. The van der Waals surface area contributed by atoms with Crippen LogP contribution in [0.2, 0.25) is 0 Å². The van der Waals surface area contributed by atoms with Gasteiger partial charge in [0.05, 0.1) is 6.61 Å².